The number of rotatable bonds is 4. The maximum atomic E-state index is 12.4. The van der Waals surface area contributed by atoms with Crippen molar-refractivity contribution in [2.24, 2.45) is 0 Å². The highest BCUT2D eigenvalue weighted by atomic mass is 35.5. The molecule has 1 fully saturated rings. The zero-order chi connectivity index (χ0) is 15.4. The van der Waals surface area contributed by atoms with E-state index in [-0.39, 0.29) is 36.0 Å². The Kier molecular flexibility index (Phi) is 6.20. The first-order chi connectivity index (χ1) is 10.7. The molecule has 3 heterocycles. The minimum atomic E-state index is -0.358. The van der Waals surface area contributed by atoms with Crippen molar-refractivity contribution in [3.63, 3.8) is 0 Å². The molecular weight excluding hydrogens is 338 g/mol. The standard InChI is InChI=1S/C15H17N3O3S.ClH/c19-13(17-10-3-6-16-7-4-10)11-5-9-22-15(11)18-14(20)12-2-1-8-21-12;/h1-2,5,8-10,16H,3-4,6-7H2,(H,17,19)(H,18,20);1H. The molecule has 0 saturated carbocycles. The first kappa shape index (κ1) is 17.5. The van der Waals surface area contributed by atoms with E-state index in [1.165, 1.54) is 17.6 Å². The van der Waals surface area contributed by atoms with E-state index in [9.17, 15) is 9.59 Å². The summed E-state index contributed by atoms with van der Waals surface area (Å²) in [6, 6.07) is 5.13. The van der Waals surface area contributed by atoms with E-state index in [1.54, 1.807) is 23.6 Å². The summed E-state index contributed by atoms with van der Waals surface area (Å²) in [4.78, 5) is 24.4. The fraction of sp³-hybridized carbons (Fsp3) is 0.333. The van der Waals surface area contributed by atoms with Crippen LogP contribution in [0, 0.1) is 0 Å². The molecule has 2 aromatic rings. The highest BCUT2D eigenvalue weighted by Gasteiger charge is 2.20. The molecule has 0 aliphatic carbocycles. The molecule has 0 spiro atoms. The van der Waals surface area contributed by atoms with Crippen LogP contribution in [0.5, 0.6) is 0 Å². The molecule has 0 radical (unpaired) electrons. The molecule has 3 rings (SSSR count). The largest absolute Gasteiger partial charge is 0.459 e. The summed E-state index contributed by atoms with van der Waals surface area (Å²) < 4.78 is 5.05. The van der Waals surface area contributed by atoms with Crippen molar-refractivity contribution in [3.05, 3.63) is 41.2 Å². The summed E-state index contributed by atoms with van der Waals surface area (Å²) in [6.07, 6.45) is 3.28. The van der Waals surface area contributed by atoms with Crippen LogP contribution in [0.1, 0.15) is 33.8 Å². The molecule has 0 bridgehead atoms. The third kappa shape index (κ3) is 4.34. The van der Waals surface area contributed by atoms with Gasteiger partial charge in [0, 0.05) is 6.04 Å². The summed E-state index contributed by atoms with van der Waals surface area (Å²) >= 11 is 1.32. The molecule has 6 nitrogen and oxygen atoms in total. The monoisotopic (exact) mass is 355 g/mol. The number of amides is 2. The number of furan rings is 1. The SMILES string of the molecule is Cl.O=C(Nc1sccc1C(=O)NC1CCNCC1)c1ccco1. The number of anilines is 1. The van der Waals surface area contributed by atoms with Gasteiger partial charge in [-0.25, -0.2) is 0 Å². The number of carbonyl (C=O) groups is 2. The first-order valence-corrected chi connectivity index (χ1v) is 8.06. The third-order valence-electron chi connectivity index (χ3n) is 3.56. The lowest BCUT2D eigenvalue weighted by Crippen LogP contribution is -2.42. The second-order valence-electron chi connectivity index (χ2n) is 5.09. The van der Waals surface area contributed by atoms with Gasteiger partial charge < -0.3 is 20.4 Å². The molecule has 0 unspecified atom stereocenters. The van der Waals surface area contributed by atoms with E-state index in [0.29, 0.717) is 10.6 Å². The molecule has 2 aromatic heterocycles. The van der Waals surface area contributed by atoms with Crippen molar-refractivity contribution in [1.29, 1.82) is 0 Å². The molecular formula is C15H18ClN3O3S. The van der Waals surface area contributed by atoms with Crippen molar-refractivity contribution in [3.8, 4) is 0 Å². The molecule has 2 amide bonds. The zero-order valence-corrected chi connectivity index (χ0v) is 14.0. The predicted molar refractivity (Wildman–Crippen MR) is 91.6 cm³/mol. The number of hydrogen-bond acceptors (Lipinski definition) is 5. The Bertz CT molecular complexity index is 651. The minimum absolute atomic E-state index is 0. The van der Waals surface area contributed by atoms with Gasteiger partial charge in [0.05, 0.1) is 11.8 Å². The topological polar surface area (TPSA) is 83.4 Å². The number of carbonyl (C=O) groups excluding carboxylic acids is 2. The Hall–Kier alpha value is -1.83. The predicted octanol–water partition coefficient (Wildman–Crippen LogP) is 2.50. The Balaban J connectivity index is 0.00000192. The molecule has 124 valence electrons. The van der Waals surface area contributed by atoms with E-state index in [2.05, 4.69) is 16.0 Å². The van der Waals surface area contributed by atoms with Crippen LogP contribution in [0.2, 0.25) is 0 Å². The molecule has 1 aliphatic heterocycles. The van der Waals surface area contributed by atoms with Crippen LogP contribution in [0.4, 0.5) is 5.00 Å². The normalized spacial score (nSPS) is 14.8. The van der Waals surface area contributed by atoms with Gasteiger partial charge in [-0.2, -0.15) is 0 Å². The molecule has 0 aromatic carbocycles. The summed E-state index contributed by atoms with van der Waals surface area (Å²) in [5.74, 6) is -0.288. The number of piperidine rings is 1. The van der Waals surface area contributed by atoms with E-state index in [4.69, 9.17) is 4.42 Å². The maximum absolute atomic E-state index is 12.4. The number of nitrogens with one attached hydrogen (secondary N) is 3. The smallest absolute Gasteiger partial charge is 0.291 e. The van der Waals surface area contributed by atoms with Gasteiger partial charge in [-0.05, 0) is 49.5 Å². The third-order valence-corrected chi connectivity index (χ3v) is 4.39. The van der Waals surface area contributed by atoms with Crippen molar-refractivity contribution >= 4 is 40.6 Å². The van der Waals surface area contributed by atoms with Gasteiger partial charge in [0.15, 0.2) is 5.76 Å². The van der Waals surface area contributed by atoms with Crippen LogP contribution in [0.25, 0.3) is 0 Å². The number of hydrogen-bond donors (Lipinski definition) is 3. The minimum Gasteiger partial charge on any atom is -0.459 e. The first-order valence-electron chi connectivity index (χ1n) is 7.18. The second-order valence-corrected chi connectivity index (χ2v) is 6.01. The molecule has 1 aliphatic rings. The van der Waals surface area contributed by atoms with Gasteiger partial charge in [-0.1, -0.05) is 0 Å². The van der Waals surface area contributed by atoms with Crippen LogP contribution < -0.4 is 16.0 Å². The second kappa shape index (κ2) is 8.14. The van der Waals surface area contributed by atoms with E-state index in [0.717, 1.165) is 25.9 Å². The van der Waals surface area contributed by atoms with Crippen LogP contribution in [0.3, 0.4) is 0 Å². The highest BCUT2D eigenvalue weighted by Crippen LogP contribution is 2.24. The molecule has 3 N–H and O–H groups in total. The fourth-order valence-electron chi connectivity index (χ4n) is 2.39. The molecule has 1 saturated heterocycles. The summed E-state index contributed by atoms with van der Waals surface area (Å²) in [6.45, 7) is 1.83. The zero-order valence-electron chi connectivity index (χ0n) is 12.3. The van der Waals surface area contributed by atoms with Gasteiger partial charge in [0.1, 0.15) is 5.00 Å². The Morgan fingerprint density at radius 3 is 2.70 bits per heavy atom. The van der Waals surface area contributed by atoms with Crippen molar-refractivity contribution in [1.82, 2.24) is 10.6 Å². The van der Waals surface area contributed by atoms with Crippen LogP contribution in [-0.4, -0.2) is 30.9 Å². The molecule has 23 heavy (non-hydrogen) atoms. The number of halogens is 1. The van der Waals surface area contributed by atoms with E-state index in [1.807, 2.05) is 0 Å². The number of thiophene rings is 1. The highest BCUT2D eigenvalue weighted by molar-refractivity contribution is 7.14. The van der Waals surface area contributed by atoms with Crippen molar-refractivity contribution in [2.45, 2.75) is 18.9 Å². The van der Waals surface area contributed by atoms with E-state index < -0.39 is 0 Å². The van der Waals surface area contributed by atoms with Crippen LogP contribution in [-0.2, 0) is 0 Å². The van der Waals surface area contributed by atoms with Gasteiger partial charge in [-0.15, -0.1) is 23.7 Å². The Labute approximate surface area is 144 Å². The summed E-state index contributed by atoms with van der Waals surface area (Å²) in [5.41, 5.74) is 0.489. The van der Waals surface area contributed by atoms with Crippen molar-refractivity contribution in [2.75, 3.05) is 18.4 Å². The Morgan fingerprint density at radius 2 is 2.00 bits per heavy atom. The summed E-state index contributed by atoms with van der Waals surface area (Å²) in [5, 5.41) is 11.3. The van der Waals surface area contributed by atoms with Crippen LogP contribution >= 0.6 is 23.7 Å². The molecule has 0 atom stereocenters. The lowest BCUT2D eigenvalue weighted by molar-refractivity contribution is 0.0931. The lowest BCUT2D eigenvalue weighted by atomic mass is 10.1. The average molecular weight is 356 g/mol. The fourth-order valence-corrected chi connectivity index (χ4v) is 3.17. The quantitative estimate of drug-likeness (QED) is 0.786. The van der Waals surface area contributed by atoms with Gasteiger partial charge in [-0.3, -0.25) is 9.59 Å². The average Bonchev–Trinajstić information content (AvgIpc) is 3.19. The Morgan fingerprint density at radius 1 is 1.22 bits per heavy atom. The van der Waals surface area contributed by atoms with Gasteiger partial charge in [0.25, 0.3) is 11.8 Å². The van der Waals surface area contributed by atoms with E-state index >= 15 is 0 Å². The van der Waals surface area contributed by atoms with Crippen LogP contribution in [0.15, 0.2) is 34.3 Å². The van der Waals surface area contributed by atoms with Gasteiger partial charge >= 0.3 is 0 Å². The molecule has 8 heteroatoms. The maximum Gasteiger partial charge on any atom is 0.291 e. The van der Waals surface area contributed by atoms with Gasteiger partial charge in [0.2, 0.25) is 0 Å². The lowest BCUT2D eigenvalue weighted by Gasteiger charge is -2.23. The summed E-state index contributed by atoms with van der Waals surface area (Å²) in [7, 11) is 0. The van der Waals surface area contributed by atoms with Crippen molar-refractivity contribution < 1.29 is 14.0 Å².